The second-order valence-corrected chi connectivity index (χ2v) is 10.3. The first-order valence-electron chi connectivity index (χ1n) is 10.1. The van der Waals surface area contributed by atoms with E-state index in [9.17, 15) is 0 Å². The van der Waals surface area contributed by atoms with Crippen molar-refractivity contribution in [3.05, 3.63) is 65.7 Å². The molecule has 0 unspecified atom stereocenters. The Kier molecular flexibility index (Phi) is 7.75. The number of thioether (sulfide) groups is 1. The molecule has 0 spiro atoms. The van der Waals surface area contributed by atoms with E-state index in [0.29, 0.717) is 5.25 Å². The molecule has 4 rings (SSSR count). The zero-order chi connectivity index (χ0) is 23.3. The quantitative estimate of drug-likeness (QED) is 0.342. The maximum Gasteiger partial charge on any atom is 0.373 e. The van der Waals surface area contributed by atoms with Gasteiger partial charge in [0.05, 0.1) is 15.6 Å². The molecular formula is C24H24N4O2S2. The molecule has 0 aliphatic carbocycles. The smallest absolute Gasteiger partial charge is 0.258 e. The van der Waals surface area contributed by atoms with Gasteiger partial charge in [0.25, 0.3) is 0 Å². The average molecular weight is 465 g/mol. The Bertz CT molecular complexity index is 1220. The predicted octanol–water partition coefficient (Wildman–Crippen LogP) is 5.90. The molecule has 8 heteroatoms. The van der Waals surface area contributed by atoms with Crippen LogP contribution in [0.25, 0.3) is 27.5 Å². The fraction of sp³-hybridized carbons (Fsp3) is 0.250. The van der Waals surface area contributed by atoms with Crippen LogP contribution in [-0.2, 0) is 9.59 Å². The number of hydrogen-bond acceptors (Lipinski definition) is 7. The van der Waals surface area contributed by atoms with Crippen LogP contribution in [0.3, 0.4) is 0 Å². The maximum atomic E-state index is 8.12. The Balaban J connectivity index is 0.000000913. The number of pyridine rings is 1. The van der Waals surface area contributed by atoms with Gasteiger partial charge < -0.3 is 0 Å². The van der Waals surface area contributed by atoms with E-state index < -0.39 is 0 Å². The number of benzene rings is 1. The van der Waals surface area contributed by atoms with Gasteiger partial charge in [0.2, 0.25) is 5.13 Å². The van der Waals surface area contributed by atoms with Crippen LogP contribution in [0.15, 0.2) is 52.9 Å². The Morgan fingerprint density at radius 2 is 1.59 bits per heavy atom. The zero-order valence-electron chi connectivity index (χ0n) is 18.6. The van der Waals surface area contributed by atoms with E-state index in [1.54, 1.807) is 11.3 Å². The van der Waals surface area contributed by atoms with Gasteiger partial charge in [0, 0.05) is 34.0 Å². The highest BCUT2D eigenvalue weighted by molar-refractivity contribution is 8.01. The Morgan fingerprint density at radius 1 is 0.969 bits per heavy atom. The monoisotopic (exact) mass is 464 g/mol. The highest BCUT2D eigenvalue weighted by Crippen LogP contribution is 2.39. The summed E-state index contributed by atoms with van der Waals surface area (Å²) in [4.78, 5) is 25.7. The molecule has 0 radical (unpaired) electrons. The molecule has 32 heavy (non-hydrogen) atoms. The Labute approximate surface area is 195 Å². The minimum absolute atomic E-state index is 0.250. The van der Waals surface area contributed by atoms with Crippen molar-refractivity contribution in [1.82, 2.24) is 19.7 Å². The molecule has 0 saturated carbocycles. The molecule has 0 aliphatic rings. The number of rotatable bonds is 5. The number of nitrogens with zero attached hydrogens (tertiary/aromatic N) is 4. The summed E-state index contributed by atoms with van der Waals surface area (Å²) in [6.45, 7) is 10.5. The van der Waals surface area contributed by atoms with E-state index >= 15 is 0 Å². The van der Waals surface area contributed by atoms with Crippen LogP contribution in [0.2, 0.25) is 0 Å². The molecule has 6 nitrogen and oxygen atoms in total. The van der Waals surface area contributed by atoms with Gasteiger partial charge in [-0.25, -0.2) is 9.67 Å². The molecule has 0 amide bonds. The van der Waals surface area contributed by atoms with E-state index in [2.05, 4.69) is 61.4 Å². The summed E-state index contributed by atoms with van der Waals surface area (Å²) in [6, 6.07) is 14.6. The van der Waals surface area contributed by atoms with E-state index in [0.717, 1.165) is 44.6 Å². The van der Waals surface area contributed by atoms with Crippen molar-refractivity contribution >= 4 is 29.3 Å². The minimum atomic E-state index is 0.250. The van der Waals surface area contributed by atoms with E-state index in [-0.39, 0.29) is 6.15 Å². The number of aryl methyl sites for hydroxylation is 3. The molecule has 3 heterocycles. The largest absolute Gasteiger partial charge is 0.373 e. The zero-order valence-corrected chi connectivity index (χ0v) is 20.3. The first-order chi connectivity index (χ1) is 15.3. The van der Waals surface area contributed by atoms with E-state index in [4.69, 9.17) is 19.7 Å². The normalized spacial score (nSPS) is 10.6. The van der Waals surface area contributed by atoms with Crippen molar-refractivity contribution in [2.45, 2.75) is 44.1 Å². The van der Waals surface area contributed by atoms with Crippen LogP contribution < -0.4 is 0 Å². The minimum Gasteiger partial charge on any atom is -0.258 e. The molecule has 0 fully saturated rings. The van der Waals surface area contributed by atoms with Crippen molar-refractivity contribution < 1.29 is 9.59 Å². The summed E-state index contributed by atoms with van der Waals surface area (Å²) in [6.07, 6.45) is 2.33. The van der Waals surface area contributed by atoms with Crippen LogP contribution in [0.5, 0.6) is 0 Å². The van der Waals surface area contributed by atoms with Gasteiger partial charge in [0.1, 0.15) is 0 Å². The van der Waals surface area contributed by atoms with Gasteiger partial charge in [-0.1, -0.05) is 55.5 Å². The highest BCUT2D eigenvalue weighted by Gasteiger charge is 2.18. The van der Waals surface area contributed by atoms with Crippen molar-refractivity contribution in [1.29, 1.82) is 0 Å². The second-order valence-electron chi connectivity index (χ2n) is 7.46. The highest BCUT2D eigenvalue weighted by atomic mass is 32.2. The van der Waals surface area contributed by atoms with Gasteiger partial charge in [-0.2, -0.15) is 14.7 Å². The van der Waals surface area contributed by atoms with Crippen LogP contribution in [0.4, 0.5) is 0 Å². The lowest BCUT2D eigenvalue weighted by atomic mass is 10.1. The van der Waals surface area contributed by atoms with Crippen molar-refractivity contribution in [3.8, 4) is 27.5 Å². The molecule has 0 atom stereocenters. The third-order valence-electron chi connectivity index (χ3n) is 4.46. The number of thiazole rings is 1. The fourth-order valence-corrected chi connectivity index (χ4v) is 5.74. The van der Waals surface area contributed by atoms with Gasteiger partial charge in [-0.3, -0.25) is 4.98 Å². The van der Waals surface area contributed by atoms with Gasteiger partial charge in [-0.15, -0.1) is 11.8 Å². The third-order valence-corrected chi connectivity index (χ3v) is 6.72. The Morgan fingerprint density at radius 3 is 2.19 bits per heavy atom. The summed E-state index contributed by atoms with van der Waals surface area (Å²) in [5, 5.41) is 6.16. The molecule has 4 aromatic rings. The standard InChI is InChI=1S/C23H24N4S2.CO2/c1-14(2)28-22-21(18-9-7-6-8-10-18)25-23(29-22)27-13-20(17(5)26-27)19-11-15(3)24-16(4)12-19;2-1-3/h6-14H,1-5H3;. The first kappa shape index (κ1) is 23.6. The summed E-state index contributed by atoms with van der Waals surface area (Å²) in [5.41, 5.74) is 7.47. The molecular weight excluding hydrogens is 440 g/mol. The van der Waals surface area contributed by atoms with Crippen molar-refractivity contribution in [2.75, 3.05) is 0 Å². The van der Waals surface area contributed by atoms with Crippen molar-refractivity contribution in [3.63, 3.8) is 0 Å². The second kappa shape index (κ2) is 10.5. The third kappa shape index (κ3) is 5.59. The molecule has 0 aliphatic heterocycles. The molecule has 0 N–H and O–H groups in total. The van der Waals surface area contributed by atoms with Crippen LogP contribution in [-0.4, -0.2) is 31.1 Å². The lowest BCUT2D eigenvalue weighted by Crippen LogP contribution is -1.93. The number of aromatic nitrogens is 4. The maximum absolute atomic E-state index is 8.12. The van der Waals surface area contributed by atoms with E-state index in [1.165, 1.54) is 4.21 Å². The number of carbonyl (C=O) groups excluding carboxylic acids is 2. The van der Waals surface area contributed by atoms with Gasteiger partial charge >= 0.3 is 6.15 Å². The molecule has 164 valence electrons. The predicted molar refractivity (Wildman–Crippen MR) is 128 cm³/mol. The summed E-state index contributed by atoms with van der Waals surface area (Å²) in [7, 11) is 0. The van der Waals surface area contributed by atoms with Crippen molar-refractivity contribution in [2.24, 2.45) is 0 Å². The van der Waals surface area contributed by atoms with E-state index in [1.807, 2.05) is 43.3 Å². The molecule has 0 saturated heterocycles. The Hall–Kier alpha value is -3.06. The van der Waals surface area contributed by atoms with Gasteiger partial charge in [0.15, 0.2) is 0 Å². The van der Waals surface area contributed by atoms with Crippen LogP contribution >= 0.6 is 23.1 Å². The number of hydrogen-bond donors (Lipinski definition) is 0. The molecule has 3 aromatic heterocycles. The fourth-order valence-electron chi connectivity index (χ4n) is 3.30. The lowest BCUT2D eigenvalue weighted by Gasteiger charge is -2.04. The summed E-state index contributed by atoms with van der Waals surface area (Å²) in [5.74, 6) is 0. The van der Waals surface area contributed by atoms with Gasteiger partial charge in [-0.05, 0) is 38.5 Å². The van der Waals surface area contributed by atoms with Crippen LogP contribution in [0, 0.1) is 20.8 Å². The topological polar surface area (TPSA) is 77.7 Å². The van der Waals surface area contributed by atoms with Crippen LogP contribution in [0.1, 0.15) is 30.9 Å². The average Bonchev–Trinajstić information content (AvgIpc) is 3.32. The lowest BCUT2D eigenvalue weighted by molar-refractivity contribution is -0.191. The molecule has 0 bridgehead atoms. The SMILES string of the molecule is Cc1cc(-c2cn(-c3nc(-c4ccccc4)c(SC(C)C)s3)nc2C)cc(C)n1.O=C=O. The molecule has 1 aromatic carbocycles. The first-order valence-corrected chi connectivity index (χ1v) is 11.8. The summed E-state index contributed by atoms with van der Waals surface area (Å²) < 4.78 is 3.14. The summed E-state index contributed by atoms with van der Waals surface area (Å²) >= 11 is 3.55.